The van der Waals surface area contributed by atoms with E-state index in [1.54, 1.807) is 0 Å². The first-order valence-corrected chi connectivity index (χ1v) is 10.6. The van der Waals surface area contributed by atoms with Crippen LogP contribution in [0.3, 0.4) is 0 Å². The number of amides is 1. The zero-order valence-electron chi connectivity index (χ0n) is 17.0. The number of benzene rings is 2. The smallest absolute Gasteiger partial charge is 0.233 e. The number of nitrogens with zero attached hydrogens (tertiary/aromatic N) is 3. The largest absolute Gasteiger partial charge is 0.353 e. The minimum Gasteiger partial charge on any atom is -0.353 e. The number of rotatable bonds is 8. The van der Waals surface area contributed by atoms with Gasteiger partial charge < -0.3 is 11.2 Å². The van der Waals surface area contributed by atoms with Gasteiger partial charge in [-0.2, -0.15) is 0 Å². The number of aromatic nitrogens is 3. The second-order valence-electron chi connectivity index (χ2n) is 7.24. The number of carbonyl (C=O) groups is 1. The van der Waals surface area contributed by atoms with Crippen molar-refractivity contribution in [1.82, 2.24) is 20.2 Å². The first kappa shape index (κ1) is 20.9. The van der Waals surface area contributed by atoms with Crippen LogP contribution in [0.5, 0.6) is 0 Å². The van der Waals surface area contributed by atoms with Crippen molar-refractivity contribution >= 4 is 17.7 Å². The van der Waals surface area contributed by atoms with Crippen LogP contribution in [0.25, 0.3) is 11.4 Å². The molecule has 29 heavy (non-hydrogen) atoms. The summed E-state index contributed by atoms with van der Waals surface area (Å²) in [5.74, 6) is 6.72. The predicted molar refractivity (Wildman–Crippen MR) is 118 cm³/mol. The molecule has 2 atom stereocenters. The Kier molecular flexibility index (Phi) is 6.93. The van der Waals surface area contributed by atoms with Crippen molar-refractivity contribution in [3.05, 3.63) is 65.7 Å². The molecule has 0 fully saturated rings. The average Bonchev–Trinajstić information content (AvgIpc) is 3.08. The third-order valence-corrected chi connectivity index (χ3v) is 5.78. The molecule has 0 spiro atoms. The second kappa shape index (κ2) is 9.60. The van der Waals surface area contributed by atoms with Crippen molar-refractivity contribution in [2.45, 2.75) is 50.1 Å². The lowest BCUT2D eigenvalue weighted by molar-refractivity contribution is -0.120. The quantitative estimate of drug-likeness (QED) is 0.439. The molecule has 1 amide bonds. The van der Waals surface area contributed by atoms with Gasteiger partial charge in [0.1, 0.15) is 0 Å². The van der Waals surface area contributed by atoms with E-state index < -0.39 is 0 Å². The predicted octanol–water partition coefficient (Wildman–Crippen LogP) is 3.59. The van der Waals surface area contributed by atoms with Crippen LogP contribution in [0.2, 0.25) is 0 Å². The van der Waals surface area contributed by atoms with Gasteiger partial charge in [-0.15, -0.1) is 10.2 Å². The van der Waals surface area contributed by atoms with E-state index in [1.807, 2.05) is 63.2 Å². The van der Waals surface area contributed by atoms with Crippen molar-refractivity contribution in [3.8, 4) is 11.4 Å². The van der Waals surface area contributed by atoms with Crippen LogP contribution in [0, 0.1) is 6.92 Å². The summed E-state index contributed by atoms with van der Waals surface area (Å²) in [7, 11) is 0. The van der Waals surface area contributed by atoms with Gasteiger partial charge in [-0.3, -0.25) is 4.79 Å². The molecule has 2 aromatic carbocycles. The van der Waals surface area contributed by atoms with Crippen LogP contribution >= 0.6 is 11.8 Å². The maximum Gasteiger partial charge on any atom is 0.233 e. The summed E-state index contributed by atoms with van der Waals surface area (Å²) in [6, 6.07) is 18.3. The van der Waals surface area contributed by atoms with E-state index in [2.05, 4.69) is 27.6 Å². The molecule has 3 N–H and O–H groups in total. The highest BCUT2D eigenvalue weighted by molar-refractivity contribution is 8.00. The number of nitrogens with one attached hydrogen (secondary N) is 1. The molecule has 0 bridgehead atoms. The molecule has 0 unspecified atom stereocenters. The Morgan fingerprint density at radius 3 is 2.48 bits per heavy atom. The molecule has 0 aliphatic heterocycles. The molecule has 0 aliphatic rings. The molecule has 7 heteroatoms. The van der Waals surface area contributed by atoms with E-state index in [0.717, 1.165) is 24.0 Å². The lowest BCUT2D eigenvalue weighted by Gasteiger charge is -2.17. The maximum absolute atomic E-state index is 12.6. The SMILES string of the molecule is Cc1ccc(-c2nnc(S[C@H](C)C(=O)N[C@@H](C)CCc3ccccc3)n2N)cc1. The minimum absolute atomic E-state index is 0.0320. The van der Waals surface area contributed by atoms with E-state index in [1.165, 1.54) is 22.0 Å². The summed E-state index contributed by atoms with van der Waals surface area (Å²) in [6.07, 6.45) is 1.82. The Labute approximate surface area is 175 Å². The summed E-state index contributed by atoms with van der Waals surface area (Å²) in [5.41, 5.74) is 3.33. The lowest BCUT2D eigenvalue weighted by Crippen LogP contribution is -2.38. The third-order valence-electron chi connectivity index (χ3n) is 4.72. The van der Waals surface area contributed by atoms with Crippen molar-refractivity contribution in [1.29, 1.82) is 0 Å². The van der Waals surface area contributed by atoms with Crippen molar-refractivity contribution in [2.75, 3.05) is 5.84 Å². The van der Waals surface area contributed by atoms with Crippen LogP contribution in [0.15, 0.2) is 59.8 Å². The van der Waals surface area contributed by atoms with Gasteiger partial charge >= 0.3 is 0 Å². The summed E-state index contributed by atoms with van der Waals surface area (Å²) in [6.45, 7) is 5.91. The Bertz CT molecular complexity index is 940. The molecule has 0 radical (unpaired) electrons. The summed E-state index contributed by atoms with van der Waals surface area (Å²) < 4.78 is 1.44. The average molecular weight is 410 g/mol. The molecular weight excluding hydrogens is 382 g/mol. The molecule has 1 heterocycles. The number of nitrogens with two attached hydrogens (primary N) is 1. The molecule has 6 nitrogen and oxygen atoms in total. The van der Waals surface area contributed by atoms with Gasteiger partial charge in [0.25, 0.3) is 0 Å². The first-order chi connectivity index (χ1) is 13.9. The van der Waals surface area contributed by atoms with Crippen LogP contribution in [0.1, 0.15) is 31.4 Å². The third kappa shape index (κ3) is 5.60. The fourth-order valence-electron chi connectivity index (χ4n) is 2.93. The highest BCUT2D eigenvalue weighted by Crippen LogP contribution is 2.25. The van der Waals surface area contributed by atoms with Gasteiger partial charge in [-0.1, -0.05) is 71.9 Å². The molecule has 3 aromatic rings. The zero-order chi connectivity index (χ0) is 20.8. The number of hydrogen-bond donors (Lipinski definition) is 2. The van der Waals surface area contributed by atoms with E-state index in [4.69, 9.17) is 5.84 Å². The highest BCUT2D eigenvalue weighted by atomic mass is 32.2. The molecule has 0 saturated carbocycles. The standard InChI is InChI=1S/C22H27N5OS/c1-15-9-13-19(14-10-15)20-25-26-22(27(20)23)29-17(3)21(28)24-16(2)11-12-18-7-5-4-6-8-18/h4-10,13-14,16-17H,11-12,23H2,1-3H3,(H,24,28)/t16-,17+/m0/s1. The molecule has 152 valence electrons. The van der Waals surface area contributed by atoms with Gasteiger partial charge in [-0.25, -0.2) is 4.68 Å². The Hall–Kier alpha value is -2.80. The van der Waals surface area contributed by atoms with Crippen LogP contribution in [-0.2, 0) is 11.2 Å². The molecule has 3 rings (SSSR count). The summed E-state index contributed by atoms with van der Waals surface area (Å²) in [4.78, 5) is 12.6. The Morgan fingerprint density at radius 2 is 1.79 bits per heavy atom. The highest BCUT2D eigenvalue weighted by Gasteiger charge is 2.21. The molecule has 0 saturated heterocycles. The molecule has 0 aliphatic carbocycles. The van der Waals surface area contributed by atoms with Gasteiger partial charge in [0.05, 0.1) is 5.25 Å². The number of carbonyl (C=O) groups excluding carboxylic acids is 1. The van der Waals surface area contributed by atoms with Crippen molar-refractivity contribution in [2.24, 2.45) is 0 Å². The maximum atomic E-state index is 12.6. The van der Waals surface area contributed by atoms with Gasteiger partial charge in [0.2, 0.25) is 11.1 Å². The normalized spacial score (nSPS) is 13.1. The van der Waals surface area contributed by atoms with E-state index in [9.17, 15) is 4.79 Å². The lowest BCUT2D eigenvalue weighted by atomic mass is 10.1. The van der Waals surface area contributed by atoms with Crippen LogP contribution < -0.4 is 11.2 Å². The van der Waals surface area contributed by atoms with Crippen LogP contribution in [-0.4, -0.2) is 32.1 Å². The Balaban J connectivity index is 1.55. The van der Waals surface area contributed by atoms with Crippen molar-refractivity contribution < 1.29 is 4.79 Å². The van der Waals surface area contributed by atoms with Crippen LogP contribution in [0.4, 0.5) is 0 Å². The molecular formula is C22H27N5OS. The number of nitrogen functional groups attached to an aromatic ring is 1. The molecule has 1 aromatic heterocycles. The van der Waals surface area contributed by atoms with E-state index >= 15 is 0 Å². The number of aryl methyl sites for hydroxylation is 2. The van der Waals surface area contributed by atoms with Crippen molar-refractivity contribution in [3.63, 3.8) is 0 Å². The monoisotopic (exact) mass is 409 g/mol. The topological polar surface area (TPSA) is 85.8 Å². The summed E-state index contributed by atoms with van der Waals surface area (Å²) in [5, 5.41) is 11.6. The zero-order valence-corrected chi connectivity index (χ0v) is 17.8. The van der Waals surface area contributed by atoms with E-state index in [0.29, 0.717) is 11.0 Å². The van der Waals surface area contributed by atoms with Gasteiger partial charge in [0, 0.05) is 11.6 Å². The number of thioether (sulfide) groups is 1. The minimum atomic E-state index is -0.327. The van der Waals surface area contributed by atoms with Gasteiger partial charge in [0.15, 0.2) is 5.82 Å². The second-order valence-corrected chi connectivity index (χ2v) is 8.54. The van der Waals surface area contributed by atoms with Gasteiger partial charge in [-0.05, 0) is 39.2 Å². The summed E-state index contributed by atoms with van der Waals surface area (Å²) >= 11 is 1.31. The first-order valence-electron chi connectivity index (χ1n) is 9.72. The fourth-order valence-corrected chi connectivity index (χ4v) is 3.71. The fraction of sp³-hybridized carbons (Fsp3) is 0.318. The van der Waals surface area contributed by atoms with E-state index in [-0.39, 0.29) is 17.2 Å². The number of hydrogen-bond acceptors (Lipinski definition) is 5. The Morgan fingerprint density at radius 1 is 1.10 bits per heavy atom.